The number of phenols is 1. The topological polar surface area (TPSA) is 351 Å². The Morgan fingerprint density at radius 2 is 0.693 bits per heavy atom. The highest BCUT2D eigenvalue weighted by Gasteiger charge is 2.16. The number of nitrogens with one attached hydrogen (secondary N) is 1. The van der Waals surface area contributed by atoms with E-state index in [0.717, 1.165) is 40.2 Å². The molecule has 0 saturated carbocycles. The minimum Gasteiger partial charge on any atom is -0.508 e. The van der Waals surface area contributed by atoms with Gasteiger partial charge < -0.3 is 57.3 Å². The molecule has 0 fully saturated rings. The van der Waals surface area contributed by atoms with Gasteiger partial charge in [-0.25, -0.2) is 28.8 Å². The zero-order valence-corrected chi connectivity index (χ0v) is 53.8. The number of aromatic carboxylic acids is 6. The minimum absolute atomic E-state index is 0.0801. The van der Waals surface area contributed by atoms with Gasteiger partial charge >= 0.3 is 41.8 Å². The Kier molecular flexibility index (Phi) is 37.5. The lowest BCUT2D eigenvalue weighted by Crippen LogP contribution is -2.08. The summed E-state index contributed by atoms with van der Waals surface area (Å²) < 4.78 is 4.82. The van der Waals surface area contributed by atoms with E-state index >= 15 is 0 Å². The van der Waals surface area contributed by atoms with Gasteiger partial charge in [0.15, 0.2) is 0 Å². The van der Waals surface area contributed by atoms with E-state index in [1.807, 2.05) is 24.3 Å². The normalized spacial score (nSPS) is 8.68. The summed E-state index contributed by atoms with van der Waals surface area (Å²) in [5.41, 5.74) is 18.5. The molecule has 0 heterocycles. The van der Waals surface area contributed by atoms with Gasteiger partial charge in [-0.2, -0.15) is 0 Å². The maximum absolute atomic E-state index is 10.7. The van der Waals surface area contributed by atoms with E-state index in [2.05, 4.69) is 58.6 Å². The zero-order valence-electron chi connectivity index (χ0n) is 53.8. The highest BCUT2D eigenvalue weighted by atomic mass is 16.5. The number of terminal acetylenes is 9. The maximum Gasteiger partial charge on any atom is 0.336 e. The Balaban J connectivity index is 0.000000570. The molecule has 500 valence electrons. The molecular formula is C82H61N3O16. The van der Waals surface area contributed by atoms with E-state index in [-0.39, 0.29) is 56.6 Å². The lowest BCUT2D eigenvalue weighted by molar-refractivity contribution is -0.131. The van der Waals surface area contributed by atoms with Gasteiger partial charge in [0.05, 0.1) is 33.4 Å². The van der Waals surface area contributed by atoms with Crippen molar-refractivity contribution in [2.75, 3.05) is 16.8 Å². The van der Waals surface area contributed by atoms with Crippen LogP contribution in [0.25, 0.3) is 0 Å². The van der Waals surface area contributed by atoms with Crippen molar-refractivity contribution in [2.45, 2.75) is 13.8 Å². The number of nitrogens with two attached hydrogens (primary N) is 2. The van der Waals surface area contributed by atoms with Crippen LogP contribution in [-0.2, 0) is 9.59 Å². The third kappa shape index (κ3) is 34.1. The van der Waals surface area contributed by atoms with Gasteiger partial charge in [-0.15, -0.1) is 57.8 Å². The van der Waals surface area contributed by atoms with Crippen LogP contribution in [0.1, 0.15) is 126 Å². The lowest BCUT2D eigenvalue weighted by atomic mass is 10.0. The maximum atomic E-state index is 10.7. The lowest BCUT2D eigenvalue weighted by Gasteiger charge is -2.01. The van der Waals surface area contributed by atoms with E-state index < -0.39 is 35.8 Å². The summed E-state index contributed by atoms with van der Waals surface area (Å²) in [6.07, 6.45) is 45.9. The van der Waals surface area contributed by atoms with Crippen LogP contribution in [0.3, 0.4) is 0 Å². The third-order valence-corrected chi connectivity index (χ3v) is 11.6. The number of anilines is 3. The molecule has 101 heavy (non-hydrogen) atoms. The Morgan fingerprint density at radius 1 is 0.327 bits per heavy atom. The summed E-state index contributed by atoms with van der Waals surface area (Å²) >= 11 is 0. The number of hydrogen-bond acceptors (Lipinski definition) is 12. The number of carbonyl (C=O) groups is 8. The van der Waals surface area contributed by atoms with Crippen LogP contribution in [-0.4, -0.2) is 83.4 Å². The number of rotatable bonds is 8. The van der Waals surface area contributed by atoms with Crippen LogP contribution >= 0.6 is 0 Å². The molecule has 9 rings (SSSR count). The third-order valence-electron chi connectivity index (χ3n) is 11.6. The van der Waals surface area contributed by atoms with Gasteiger partial charge in [-0.3, -0.25) is 9.59 Å². The smallest absolute Gasteiger partial charge is 0.336 e. The molecular weight excluding hydrogens is 1280 g/mol. The first-order valence-electron chi connectivity index (χ1n) is 28.3. The Bertz CT molecular complexity index is 4730. The van der Waals surface area contributed by atoms with Crippen LogP contribution in [0.2, 0.25) is 0 Å². The van der Waals surface area contributed by atoms with Crippen molar-refractivity contribution >= 4 is 64.8 Å². The molecule has 0 unspecified atom stereocenters. The van der Waals surface area contributed by atoms with Crippen LogP contribution in [0, 0.1) is 111 Å². The summed E-state index contributed by atoms with van der Waals surface area (Å²) in [6.45, 7) is 2.82. The van der Waals surface area contributed by atoms with E-state index in [1.165, 1.54) is 62.4 Å². The zero-order chi connectivity index (χ0) is 76.0. The van der Waals surface area contributed by atoms with E-state index in [0.29, 0.717) is 39.3 Å². The number of esters is 1. The molecule has 19 nitrogen and oxygen atoms in total. The molecule has 0 aliphatic rings. The van der Waals surface area contributed by atoms with Crippen molar-refractivity contribution in [3.05, 3.63) is 290 Å². The van der Waals surface area contributed by atoms with Gasteiger partial charge in [-0.05, 0) is 182 Å². The average Bonchev–Trinajstić information content (AvgIpc) is 0.848. The van der Waals surface area contributed by atoms with Crippen molar-refractivity contribution in [2.24, 2.45) is 0 Å². The number of amides is 1. The molecule has 0 bridgehead atoms. The molecule has 0 radical (unpaired) electrons. The van der Waals surface area contributed by atoms with E-state index in [4.69, 9.17) is 110 Å². The Morgan fingerprint density at radius 3 is 1.08 bits per heavy atom. The molecule has 12 N–H and O–H groups in total. The van der Waals surface area contributed by atoms with Crippen molar-refractivity contribution in [3.63, 3.8) is 0 Å². The SMILES string of the molecule is C#Cc1cc(C(=O)O)cc(C(=O)O)c1.C#Cc1ccc(C(=O)O)c(C(=O)O)c1.C#Cc1ccc(C(=O)O)cc1.C#Cc1ccc(N)cc1.C#Cc1ccc(NC(C)=O)cc1.C#Cc1cccc(C(=O)O)c1.C#Cc1cccc(N)c1.C#Cc1cccc(O)c1.C#Cc1cccc(OC(C)=O)c1. The summed E-state index contributed by atoms with van der Waals surface area (Å²) in [5.74, 6) is 14.9. The molecule has 19 heteroatoms. The van der Waals surface area contributed by atoms with Gasteiger partial charge in [-0.1, -0.05) is 77.5 Å². The van der Waals surface area contributed by atoms with Crippen LogP contribution in [0.4, 0.5) is 17.1 Å². The standard InChI is InChI=1S/C10H9NO.2C10H6O4.C10H8O2.2C9H6O2.2C8H7N.C8H6O/c1-3-9-4-6-10(7-5-9)11-8(2)12;1-2-6-3-7(9(11)12)5-8(4-6)10(13)14;1-2-6-3-4-7(9(11)12)8(5-6)10(13)14;1-3-9-5-4-6-10(7-9)12-8(2)11;1-2-7-3-5-8(6-4-7)9(10)11;1-2-7-4-3-5-8(6-7)9(10)11;1-2-7-3-5-8(9)6-4-7;2*1-2-7-4-3-5-8(9)6-7/h1,4-7H,2H3,(H,11,12);2*1,3-5H,(H,11,12)(H,13,14);1,4-7H,2H3;2*1,3-6H,(H,10,11);2*1,3-6H,9H2;1,3-6,9H. The number of carboxylic acids is 6. The number of benzene rings is 9. The summed E-state index contributed by atoms with van der Waals surface area (Å²) in [5, 5.41) is 63.2. The quantitative estimate of drug-likeness (QED) is 0.0292. The van der Waals surface area contributed by atoms with Gasteiger partial charge in [0.2, 0.25) is 5.91 Å². The second kappa shape index (κ2) is 45.5. The summed E-state index contributed by atoms with van der Waals surface area (Å²) in [7, 11) is 0. The number of aromatic hydroxyl groups is 1. The van der Waals surface area contributed by atoms with Gasteiger partial charge in [0.1, 0.15) is 11.5 Å². The summed E-state index contributed by atoms with van der Waals surface area (Å²) in [4.78, 5) is 84.3. The van der Waals surface area contributed by atoms with Crippen molar-refractivity contribution in [1.29, 1.82) is 0 Å². The molecule has 0 spiro atoms. The predicted molar refractivity (Wildman–Crippen MR) is 387 cm³/mol. The first-order valence-corrected chi connectivity index (χ1v) is 28.3. The fraction of sp³-hybridized carbons (Fsp3) is 0.0244. The first-order chi connectivity index (χ1) is 48.0. The highest BCUT2D eigenvalue weighted by molar-refractivity contribution is 6.02. The predicted octanol–water partition coefficient (Wildman–Crippen LogP) is 12.0. The van der Waals surface area contributed by atoms with Gasteiger partial charge in [0, 0.05) is 81.0 Å². The van der Waals surface area contributed by atoms with E-state index in [1.54, 1.807) is 121 Å². The molecule has 9 aromatic rings. The van der Waals surface area contributed by atoms with Crippen molar-refractivity contribution in [3.8, 4) is 123 Å². The fourth-order valence-electron chi connectivity index (χ4n) is 6.88. The second-order valence-electron chi connectivity index (χ2n) is 19.0. The molecule has 0 saturated heterocycles. The Labute approximate surface area is 583 Å². The van der Waals surface area contributed by atoms with Gasteiger partial charge in [0.25, 0.3) is 0 Å². The highest BCUT2D eigenvalue weighted by Crippen LogP contribution is 2.15. The monoisotopic (exact) mass is 1340 g/mol. The van der Waals surface area contributed by atoms with Crippen molar-refractivity contribution in [1.82, 2.24) is 0 Å². The number of phenolic OH excluding ortho intramolecular Hbond substituents is 1. The second-order valence-corrected chi connectivity index (χ2v) is 19.0. The first kappa shape index (κ1) is 83.2. The molecule has 0 aromatic heterocycles. The molecule has 9 aromatic carbocycles. The summed E-state index contributed by atoms with van der Waals surface area (Å²) in [6, 6.07) is 54.7. The van der Waals surface area contributed by atoms with E-state index in [9.17, 15) is 38.4 Å². The number of nitrogen functional groups attached to an aromatic ring is 2. The number of hydrogen-bond donors (Lipinski definition) is 10. The van der Waals surface area contributed by atoms with Crippen LogP contribution in [0.5, 0.6) is 11.5 Å². The fourth-order valence-corrected chi connectivity index (χ4v) is 6.88. The number of carboxylic acid groups (broad SMARTS) is 6. The minimum atomic E-state index is -1.31. The molecule has 0 aliphatic carbocycles. The number of ether oxygens (including phenoxy) is 1. The largest absolute Gasteiger partial charge is 0.508 e. The number of carbonyl (C=O) groups excluding carboxylic acids is 2. The molecule has 0 aliphatic heterocycles. The molecule has 0 atom stereocenters. The van der Waals surface area contributed by atoms with Crippen LogP contribution < -0.4 is 21.5 Å². The Hall–Kier alpha value is -15.8. The van der Waals surface area contributed by atoms with Crippen LogP contribution in [0.15, 0.2) is 206 Å². The van der Waals surface area contributed by atoms with Crippen molar-refractivity contribution < 1.29 is 78.8 Å². The average molecular weight is 1340 g/mol. The molecule has 1 amide bonds.